The van der Waals surface area contributed by atoms with Crippen molar-refractivity contribution in [3.63, 3.8) is 0 Å². The molecule has 0 atom stereocenters. The third-order valence-corrected chi connectivity index (χ3v) is 12.0. The standard InChI is InChI=1S/C57H37N5/c1-4-15-38(16-5-1)39-27-29-41(30-28-39)56-58-55(40-17-6-2-7-18-40)59-57(60-56)44-19-14-22-46(35-44)62-51-25-12-10-23-47(51)49-33-31-43(37-54(49)62)42-32-34-53-50(36-42)48-24-11-13-26-52(48)61(53)45-20-8-3-9-21-45/h1-37H. The molecule has 0 N–H and O–H groups in total. The zero-order chi connectivity index (χ0) is 41.0. The second kappa shape index (κ2) is 14.7. The smallest absolute Gasteiger partial charge is 0.164 e. The largest absolute Gasteiger partial charge is 0.309 e. The van der Waals surface area contributed by atoms with Crippen LogP contribution >= 0.6 is 0 Å². The van der Waals surface area contributed by atoms with Crippen LogP contribution in [-0.4, -0.2) is 24.1 Å². The minimum absolute atomic E-state index is 0.618. The molecule has 0 aliphatic carbocycles. The van der Waals surface area contributed by atoms with Crippen LogP contribution in [0.4, 0.5) is 0 Å². The molecular formula is C57H37N5. The molecule has 62 heavy (non-hydrogen) atoms. The van der Waals surface area contributed by atoms with Gasteiger partial charge in [0.25, 0.3) is 0 Å². The van der Waals surface area contributed by atoms with Crippen LogP contribution in [0.5, 0.6) is 0 Å². The van der Waals surface area contributed by atoms with Crippen LogP contribution in [0.3, 0.4) is 0 Å². The number of hydrogen-bond donors (Lipinski definition) is 0. The summed E-state index contributed by atoms with van der Waals surface area (Å²) in [5.74, 6) is 1.88. The van der Waals surface area contributed by atoms with Crippen LogP contribution < -0.4 is 0 Å². The number of nitrogens with zero attached hydrogens (tertiary/aromatic N) is 5. The first-order valence-electron chi connectivity index (χ1n) is 20.9. The Morgan fingerprint density at radius 1 is 0.226 bits per heavy atom. The number of para-hydroxylation sites is 3. The van der Waals surface area contributed by atoms with Crippen LogP contribution in [-0.2, 0) is 0 Å². The maximum atomic E-state index is 5.14. The van der Waals surface area contributed by atoms with Crippen molar-refractivity contribution in [3.8, 4) is 67.8 Å². The third kappa shape index (κ3) is 6.06. The van der Waals surface area contributed by atoms with E-state index in [1.807, 2.05) is 36.4 Å². The Balaban J connectivity index is 0.990. The molecule has 3 aromatic heterocycles. The average Bonchev–Trinajstić information content (AvgIpc) is 3.87. The maximum Gasteiger partial charge on any atom is 0.164 e. The highest BCUT2D eigenvalue weighted by Crippen LogP contribution is 2.39. The number of hydrogen-bond acceptors (Lipinski definition) is 3. The molecule has 290 valence electrons. The molecule has 5 nitrogen and oxygen atoms in total. The van der Waals surface area contributed by atoms with E-state index >= 15 is 0 Å². The van der Waals surface area contributed by atoms with Crippen molar-refractivity contribution in [2.45, 2.75) is 0 Å². The number of aromatic nitrogens is 5. The Hall–Kier alpha value is -8.41. The summed E-state index contributed by atoms with van der Waals surface area (Å²) in [6.45, 7) is 0. The molecule has 0 saturated heterocycles. The average molecular weight is 792 g/mol. The van der Waals surface area contributed by atoms with E-state index in [1.165, 1.54) is 43.7 Å². The van der Waals surface area contributed by atoms with E-state index in [2.05, 4.69) is 197 Å². The monoisotopic (exact) mass is 791 g/mol. The highest BCUT2D eigenvalue weighted by Gasteiger charge is 2.18. The molecule has 0 unspecified atom stereocenters. The van der Waals surface area contributed by atoms with E-state index in [-0.39, 0.29) is 0 Å². The highest BCUT2D eigenvalue weighted by atomic mass is 15.0. The molecule has 0 amide bonds. The van der Waals surface area contributed by atoms with Crippen molar-refractivity contribution in [3.05, 3.63) is 224 Å². The van der Waals surface area contributed by atoms with Gasteiger partial charge in [-0.15, -0.1) is 0 Å². The minimum atomic E-state index is 0.618. The second-order valence-electron chi connectivity index (χ2n) is 15.7. The minimum Gasteiger partial charge on any atom is -0.309 e. The quantitative estimate of drug-likeness (QED) is 0.162. The fourth-order valence-corrected chi connectivity index (χ4v) is 9.01. The first-order chi connectivity index (χ1) is 30.7. The lowest BCUT2D eigenvalue weighted by atomic mass is 10.0. The fourth-order valence-electron chi connectivity index (χ4n) is 9.01. The third-order valence-electron chi connectivity index (χ3n) is 12.0. The Kier molecular flexibility index (Phi) is 8.42. The number of rotatable bonds is 7. The van der Waals surface area contributed by atoms with Gasteiger partial charge in [-0.05, 0) is 76.9 Å². The van der Waals surface area contributed by atoms with E-state index in [9.17, 15) is 0 Å². The Labute approximate surface area is 358 Å². The van der Waals surface area contributed by atoms with Crippen molar-refractivity contribution in [2.75, 3.05) is 0 Å². The Morgan fingerprint density at radius 2 is 0.645 bits per heavy atom. The van der Waals surface area contributed by atoms with Gasteiger partial charge in [-0.2, -0.15) is 0 Å². The van der Waals surface area contributed by atoms with Crippen LogP contribution in [0.15, 0.2) is 224 Å². The molecular weight excluding hydrogens is 755 g/mol. The Morgan fingerprint density at radius 3 is 1.34 bits per heavy atom. The lowest BCUT2D eigenvalue weighted by Gasteiger charge is -2.12. The summed E-state index contributed by atoms with van der Waals surface area (Å²) in [7, 11) is 0. The van der Waals surface area contributed by atoms with E-state index in [0.717, 1.165) is 50.2 Å². The van der Waals surface area contributed by atoms with Crippen LogP contribution in [0.1, 0.15) is 0 Å². The molecule has 12 aromatic rings. The van der Waals surface area contributed by atoms with E-state index in [4.69, 9.17) is 15.0 Å². The molecule has 0 spiro atoms. The molecule has 0 fully saturated rings. The molecule has 12 rings (SSSR count). The van der Waals surface area contributed by atoms with Crippen molar-refractivity contribution < 1.29 is 0 Å². The molecule has 3 heterocycles. The van der Waals surface area contributed by atoms with Crippen LogP contribution in [0.2, 0.25) is 0 Å². The number of benzene rings is 9. The van der Waals surface area contributed by atoms with Gasteiger partial charge in [-0.25, -0.2) is 15.0 Å². The molecule has 5 heteroatoms. The second-order valence-corrected chi connectivity index (χ2v) is 15.7. The molecule has 0 aliphatic rings. The predicted octanol–water partition coefficient (Wildman–Crippen LogP) is 14.4. The molecule has 0 saturated carbocycles. The van der Waals surface area contributed by atoms with Crippen molar-refractivity contribution in [2.24, 2.45) is 0 Å². The van der Waals surface area contributed by atoms with Crippen LogP contribution in [0, 0.1) is 0 Å². The fraction of sp³-hybridized carbons (Fsp3) is 0. The number of fused-ring (bicyclic) bond motifs is 6. The summed E-state index contributed by atoms with van der Waals surface area (Å²) in [4.78, 5) is 15.3. The van der Waals surface area contributed by atoms with Gasteiger partial charge in [0.05, 0.1) is 22.1 Å². The molecule has 0 radical (unpaired) electrons. The van der Waals surface area contributed by atoms with Gasteiger partial charge in [0.1, 0.15) is 0 Å². The van der Waals surface area contributed by atoms with E-state index in [1.54, 1.807) is 0 Å². The van der Waals surface area contributed by atoms with Gasteiger partial charge in [0.2, 0.25) is 0 Å². The zero-order valence-electron chi connectivity index (χ0n) is 33.6. The van der Waals surface area contributed by atoms with Gasteiger partial charge in [0, 0.05) is 49.6 Å². The lowest BCUT2D eigenvalue weighted by molar-refractivity contribution is 1.07. The lowest BCUT2D eigenvalue weighted by Crippen LogP contribution is -2.01. The van der Waals surface area contributed by atoms with Crippen molar-refractivity contribution in [1.29, 1.82) is 0 Å². The van der Waals surface area contributed by atoms with Gasteiger partial charge < -0.3 is 9.13 Å². The van der Waals surface area contributed by atoms with Gasteiger partial charge in [-0.1, -0.05) is 170 Å². The first-order valence-corrected chi connectivity index (χ1v) is 20.9. The summed E-state index contributed by atoms with van der Waals surface area (Å²) in [5.41, 5.74) is 14.3. The summed E-state index contributed by atoms with van der Waals surface area (Å²) in [5, 5.41) is 4.87. The molecule has 0 aliphatic heterocycles. The zero-order valence-corrected chi connectivity index (χ0v) is 33.6. The summed E-state index contributed by atoms with van der Waals surface area (Å²) < 4.78 is 4.74. The molecule has 9 aromatic carbocycles. The topological polar surface area (TPSA) is 48.5 Å². The first kappa shape index (κ1) is 35.5. The summed E-state index contributed by atoms with van der Waals surface area (Å²) in [6, 6.07) is 79.3. The van der Waals surface area contributed by atoms with Gasteiger partial charge in [-0.3, -0.25) is 0 Å². The summed E-state index contributed by atoms with van der Waals surface area (Å²) >= 11 is 0. The SMILES string of the molecule is c1ccc(-c2ccc(-c3nc(-c4ccccc4)nc(-c4cccc(-n5c6ccccc6c6ccc(-c7ccc8c(c7)c7ccccc7n8-c7ccccc7)cc65)c4)n3)cc2)cc1. The summed E-state index contributed by atoms with van der Waals surface area (Å²) in [6.07, 6.45) is 0. The molecule has 0 bridgehead atoms. The Bertz CT molecular complexity index is 3610. The maximum absolute atomic E-state index is 5.14. The highest BCUT2D eigenvalue weighted by molar-refractivity contribution is 6.12. The van der Waals surface area contributed by atoms with E-state index < -0.39 is 0 Å². The van der Waals surface area contributed by atoms with Gasteiger partial charge in [0.15, 0.2) is 17.5 Å². The van der Waals surface area contributed by atoms with Gasteiger partial charge >= 0.3 is 0 Å². The van der Waals surface area contributed by atoms with Crippen molar-refractivity contribution in [1.82, 2.24) is 24.1 Å². The normalized spacial score (nSPS) is 11.5. The van der Waals surface area contributed by atoms with Crippen molar-refractivity contribution >= 4 is 43.6 Å². The predicted molar refractivity (Wildman–Crippen MR) is 256 cm³/mol. The van der Waals surface area contributed by atoms with Crippen LogP contribution in [0.25, 0.3) is 111 Å². The van der Waals surface area contributed by atoms with E-state index in [0.29, 0.717) is 17.5 Å².